The Hall–Kier alpha value is -2.43. The minimum Gasteiger partial charge on any atom is -0.477 e. The topological polar surface area (TPSA) is 59.3 Å². The number of carboxylic acid groups (broad SMARTS) is 1. The predicted molar refractivity (Wildman–Crippen MR) is 72.4 cm³/mol. The van der Waals surface area contributed by atoms with Gasteiger partial charge in [-0.05, 0) is 42.7 Å². The molecule has 1 aromatic heterocycles. The van der Waals surface area contributed by atoms with Gasteiger partial charge in [-0.2, -0.15) is 0 Å². The van der Waals surface area contributed by atoms with Gasteiger partial charge in [0.2, 0.25) is 0 Å². The van der Waals surface area contributed by atoms with Gasteiger partial charge in [0, 0.05) is 12.7 Å². The number of hydrogen-bond donors (Lipinski definition) is 1. The number of hydrogen-bond acceptors (Lipinski definition) is 2. The van der Waals surface area contributed by atoms with Crippen LogP contribution in [0.3, 0.4) is 0 Å². The third-order valence-corrected chi connectivity index (χ3v) is 3.03. The number of pyridine rings is 1. The normalized spacial score (nSPS) is 10.4. The van der Waals surface area contributed by atoms with Gasteiger partial charge in [0.15, 0.2) is 0 Å². The highest BCUT2D eigenvalue weighted by Gasteiger charge is 2.09. The minimum absolute atomic E-state index is 0.228. The first-order valence-electron chi connectivity index (χ1n) is 6.25. The first-order chi connectivity index (χ1) is 9.58. The summed E-state index contributed by atoms with van der Waals surface area (Å²) in [5, 5.41) is 8.87. The van der Waals surface area contributed by atoms with E-state index in [-0.39, 0.29) is 11.4 Å². The summed E-state index contributed by atoms with van der Waals surface area (Å²) in [5.41, 5.74) is 0.252. The van der Waals surface area contributed by atoms with Crippen molar-refractivity contribution in [3.05, 3.63) is 69.9 Å². The zero-order valence-corrected chi connectivity index (χ0v) is 10.8. The molecule has 0 atom stereocenters. The smallest absolute Gasteiger partial charge is 0.341 e. The lowest BCUT2D eigenvalue weighted by atomic mass is 10.1. The second-order valence-corrected chi connectivity index (χ2v) is 4.46. The molecule has 0 saturated heterocycles. The average Bonchev–Trinajstić information content (AvgIpc) is 2.42. The van der Waals surface area contributed by atoms with E-state index in [4.69, 9.17) is 5.11 Å². The molecule has 0 aliphatic carbocycles. The number of benzene rings is 1. The largest absolute Gasteiger partial charge is 0.477 e. The molecule has 0 amide bonds. The lowest BCUT2D eigenvalue weighted by Gasteiger charge is -2.06. The van der Waals surface area contributed by atoms with Crippen molar-refractivity contribution in [2.45, 2.75) is 19.4 Å². The van der Waals surface area contributed by atoms with Crippen molar-refractivity contribution in [2.24, 2.45) is 0 Å². The zero-order valence-electron chi connectivity index (χ0n) is 10.8. The fourth-order valence-corrected chi connectivity index (χ4v) is 1.98. The molecule has 5 heteroatoms. The van der Waals surface area contributed by atoms with E-state index in [0.29, 0.717) is 19.4 Å². The first kappa shape index (κ1) is 14.0. The van der Waals surface area contributed by atoms with Crippen molar-refractivity contribution < 1.29 is 14.3 Å². The van der Waals surface area contributed by atoms with Gasteiger partial charge in [-0.1, -0.05) is 12.1 Å². The molecule has 0 spiro atoms. The van der Waals surface area contributed by atoms with Crippen molar-refractivity contribution in [1.82, 2.24) is 4.57 Å². The van der Waals surface area contributed by atoms with E-state index in [0.717, 1.165) is 5.56 Å². The van der Waals surface area contributed by atoms with Crippen molar-refractivity contribution in [2.75, 3.05) is 0 Å². The molecule has 1 heterocycles. The molecule has 1 aromatic carbocycles. The van der Waals surface area contributed by atoms with Crippen LogP contribution in [0.15, 0.2) is 47.4 Å². The monoisotopic (exact) mass is 275 g/mol. The molecule has 20 heavy (non-hydrogen) atoms. The molecule has 104 valence electrons. The SMILES string of the molecule is O=C(O)c1cccn(CCCc2ccc(F)cc2)c1=O. The number of halogens is 1. The Bertz CT molecular complexity index is 662. The summed E-state index contributed by atoms with van der Waals surface area (Å²) in [7, 11) is 0. The second-order valence-electron chi connectivity index (χ2n) is 4.46. The Morgan fingerprint density at radius 2 is 1.90 bits per heavy atom. The number of carbonyl (C=O) groups is 1. The first-order valence-corrected chi connectivity index (χ1v) is 6.25. The van der Waals surface area contributed by atoms with E-state index in [1.165, 1.54) is 22.8 Å². The molecule has 0 fully saturated rings. The van der Waals surface area contributed by atoms with Gasteiger partial charge in [-0.3, -0.25) is 4.79 Å². The van der Waals surface area contributed by atoms with Gasteiger partial charge in [0.05, 0.1) is 0 Å². The van der Waals surface area contributed by atoms with E-state index in [2.05, 4.69) is 0 Å². The Kier molecular flexibility index (Phi) is 4.30. The number of aromatic carboxylic acids is 1. The molecule has 1 N–H and O–H groups in total. The van der Waals surface area contributed by atoms with Crippen molar-refractivity contribution in [3.63, 3.8) is 0 Å². The Morgan fingerprint density at radius 3 is 2.55 bits per heavy atom. The fraction of sp³-hybridized carbons (Fsp3) is 0.200. The molecule has 0 unspecified atom stereocenters. The van der Waals surface area contributed by atoms with E-state index < -0.39 is 11.5 Å². The third-order valence-electron chi connectivity index (χ3n) is 3.03. The summed E-state index contributed by atoms with van der Waals surface area (Å²) in [6, 6.07) is 9.03. The summed E-state index contributed by atoms with van der Waals surface area (Å²) in [6.45, 7) is 0.428. The van der Waals surface area contributed by atoms with Crippen molar-refractivity contribution in [1.29, 1.82) is 0 Å². The summed E-state index contributed by atoms with van der Waals surface area (Å²) >= 11 is 0. The minimum atomic E-state index is -1.22. The maximum absolute atomic E-state index is 12.7. The lowest BCUT2D eigenvalue weighted by Crippen LogP contribution is -2.25. The van der Waals surface area contributed by atoms with Crippen LogP contribution in [0, 0.1) is 5.82 Å². The van der Waals surface area contributed by atoms with Crippen LogP contribution in [0.2, 0.25) is 0 Å². The van der Waals surface area contributed by atoms with Gasteiger partial charge in [0.1, 0.15) is 11.4 Å². The van der Waals surface area contributed by atoms with Gasteiger partial charge in [0.25, 0.3) is 5.56 Å². The van der Waals surface area contributed by atoms with E-state index in [9.17, 15) is 14.0 Å². The third kappa shape index (κ3) is 3.32. The average molecular weight is 275 g/mol. The van der Waals surface area contributed by atoms with Crippen molar-refractivity contribution >= 4 is 5.97 Å². The van der Waals surface area contributed by atoms with Gasteiger partial charge in [-0.25, -0.2) is 9.18 Å². The fourth-order valence-electron chi connectivity index (χ4n) is 1.98. The molecule has 0 aliphatic heterocycles. The van der Waals surface area contributed by atoms with Crippen LogP contribution in [-0.4, -0.2) is 15.6 Å². The highest BCUT2D eigenvalue weighted by molar-refractivity contribution is 5.86. The summed E-state index contributed by atoms with van der Waals surface area (Å²) in [6.07, 6.45) is 2.94. The number of aromatic nitrogens is 1. The van der Waals surface area contributed by atoms with Gasteiger partial charge >= 0.3 is 5.97 Å². The Morgan fingerprint density at radius 1 is 1.20 bits per heavy atom. The molecular weight excluding hydrogens is 261 g/mol. The molecule has 0 aliphatic rings. The van der Waals surface area contributed by atoms with Crippen LogP contribution in [0.1, 0.15) is 22.3 Å². The number of rotatable bonds is 5. The Labute approximate surface area is 115 Å². The number of aryl methyl sites for hydroxylation is 2. The molecule has 2 aromatic rings. The molecule has 0 saturated carbocycles. The quantitative estimate of drug-likeness (QED) is 0.911. The molecular formula is C15H14FNO3. The highest BCUT2D eigenvalue weighted by Crippen LogP contribution is 2.06. The number of nitrogens with zero attached hydrogens (tertiary/aromatic N) is 1. The van der Waals surface area contributed by atoms with Crippen LogP contribution in [0.5, 0.6) is 0 Å². The van der Waals surface area contributed by atoms with Gasteiger partial charge in [-0.15, -0.1) is 0 Å². The molecule has 0 radical (unpaired) electrons. The van der Waals surface area contributed by atoms with Crippen LogP contribution in [-0.2, 0) is 13.0 Å². The lowest BCUT2D eigenvalue weighted by molar-refractivity contribution is 0.0694. The van der Waals surface area contributed by atoms with E-state index >= 15 is 0 Å². The molecule has 2 rings (SSSR count). The van der Waals surface area contributed by atoms with Crippen LogP contribution in [0.25, 0.3) is 0 Å². The maximum Gasteiger partial charge on any atom is 0.341 e. The zero-order chi connectivity index (χ0) is 14.5. The van der Waals surface area contributed by atoms with Crippen molar-refractivity contribution in [3.8, 4) is 0 Å². The standard InChI is InChI=1S/C15H14FNO3/c16-12-7-5-11(6-8-12)3-1-9-17-10-2-4-13(14(17)18)15(19)20/h2,4-8,10H,1,3,9H2,(H,19,20). The number of carboxylic acids is 1. The highest BCUT2D eigenvalue weighted by atomic mass is 19.1. The Balaban J connectivity index is 2.01. The van der Waals surface area contributed by atoms with Crippen LogP contribution >= 0.6 is 0 Å². The van der Waals surface area contributed by atoms with Crippen LogP contribution < -0.4 is 5.56 Å². The van der Waals surface area contributed by atoms with E-state index in [1.807, 2.05) is 0 Å². The van der Waals surface area contributed by atoms with Crippen LogP contribution in [0.4, 0.5) is 4.39 Å². The second kappa shape index (κ2) is 6.14. The molecule has 4 nitrogen and oxygen atoms in total. The maximum atomic E-state index is 12.7. The summed E-state index contributed by atoms with van der Waals surface area (Å²) in [4.78, 5) is 22.7. The molecule has 0 bridgehead atoms. The van der Waals surface area contributed by atoms with Gasteiger partial charge < -0.3 is 9.67 Å². The summed E-state index contributed by atoms with van der Waals surface area (Å²) in [5.74, 6) is -1.50. The summed E-state index contributed by atoms with van der Waals surface area (Å²) < 4.78 is 14.1. The predicted octanol–water partition coefficient (Wildman–Crippen LogP) is 2.32. The van der Waals surface area contributed by atoms with E-state index in [1.54, 1.807) is 24.4 Å².